The summed E-state index contributed by atoms with van der Waals surface area (Å²) in [6, 6.07) is 6.98. The van der Waals surface area contributed by atoms with Gasteiger partial charge in [0.2, 0.25) is 5.82 Å². The molecule has 0 bridgehead atoms. The maximum Gasteiger partial charge on any atom is 0.330 e. The van der Waals surface area contributed by atoms with Crippen LogP contribution in [0.2, 0.25) is 0 Å². The number of rotatable bonds is 5. The van der Waals surface area contributed by atoms with E-state index < -0.39 is 0 Å². The van der Waals surface area contributed by atoms with Crippen LogP contribution in [-0.4, -0.2) is 33.7 Å². The highest BCUT2D eigenvalue weighted by Crippen LogP contribution is 2.11. The molecule has 1 aromatic carbocycles. The van der Waals surface area contributed by atoms with Crippen molar-refractivity contribution in [2.75, 3.05) is 11.9 Å². The largest absolute Gasteiger partial charge is 0.463 e. The van der Waals surface area contributed by atoms with E-state index in [0.717, 1.165) is 5.56 Å². The molecule has 1 amide bonds. The molecule has 1 heterocycles. The first-order valence-electron chi connectivity index (χ1n) is 6.30. The molecule has 2 aromatic rings. The number of amides is 1. The van der Waals surface area contributed by atoms with Crippen molar-refractivity contribution in [3.63, 3.8) is 0 Å². The minimum absolute atomic E-state index is 0.140. The van der Waals surface area contributed by atoms with E-state index in [1.165, 1.54) is 12.4 Å². The molecule has 7 heteroatoms. The van der Waals surface area contributed by atoms with Crippen molar-refractivity contribution in [1.29, 1.82) is 0 Å². The molecule has 0 spiro atoms. The molecule has 0 aliphatic carbocycles. The highest BCUT2D eigenvalue weighted by molar-refractivity contribution is 6.01. The zero-order valence-electron chi connectivity index (χ0n) is 11.4. The smallest absolute Gasteiger partial charge is 0.330 e. The van der Waals surface area contributed by atoms with Crippen LogP contribution in [0.4, 0.5) is 5.69 Å². The summed E-state index contributed by atoms with van der Waals surface area (Å²) in [5.74, 6) is -0.621. The van der Waals surface area contributed by atoms with E-state index in [-0.39, 0.29) is 17.7 Å². The van der Waals surface area contributed by atoms with Crippen LogP contribution in [0.5, 0.6) is 0 Å². The maximum absolute atomic E-state index is 11.7. The molecular formula is C14H14N4O3. The fourth-order valence-corrected chi connectivity index (χ4v) is 1.54. The molecule has 0 saturated heterocycles. The van der Waals surface area contributed by atoms with Gasteiger partial charge in [-0.05, 0) is 30.7 Å². The van der Waals surface area contributed by atoms with Gasteiger partial charge in [-0.3, -0.25) is 9.89 Å². The van der Waals surface area contributed by atoms with E-state index in [1.54, 1.807) is 37.3 Å². The molecule has 108 valence electrons. The highest BCUT2D eigenvalue weighted by Gasteiger charge is 2.08. The molecule has 0 aliphatic rings. The molecule has 7 nitrogen and oxygen atoms in total. The second-order valence-electron chi connectivity index (χ2n) is 4.00. The van der Waals surface area contributed by atoms with E-state index in [4.69, 9.17) is 4.74 Å². The van der Waals surface area contributed by atoms with E-state index >= 15 is 0 Å². The summed E-state index contributed by atoms with van der Waals surface area (Å²) in [4.78, 5) is 26.7. The third-order valence-corrected chi connectivity index (χ3v) is 2.50. The van der Waals surface area contributed by atoms with Gasteiger partial charge in [-0.25, -0.2) is 9.78 Å². The zero-order chi connectivity index (χ0) is 15.1. The van der Waals surface area contributed by atoms with Crippen LogP contribution in [0.1, 0.15) is 23.1 Å². The third-order valence-electron chi connectivity index (χ3n) is 2.50. The minimum Gasteiger partial charge on any atom is -0.463 e. The number of aromatic amines is 1. The molecule has 0 atom stereocenters. The molecule has 2 N–H and O–H groups in total. The van der Waals surface area contributed by atoms with Crippen LogP contribution in [0, 0.1) is 0 Å². The number of hydrogen-bond acceptors (Lipinski definition) is 5. The van der Waals surface area contributed by atoms with Gasteiger partial charge in [0.15, 0.2) is 0 Å². The Balaban J connectivity index is 1.96. The lowest BCUT2D eigenvalue weighted by atomic mass is 10.2. The Morgan fingerprint density at radius 2 is 2.10 bits per heavy atom. The first-order valence-corrected chi connectivity index (χ1v) is 6.30. The Hall–Kier alpha value is -2.96. The van der Waals surface area contributed by atoms with E-state index in [9.17, 15) is 9.59 Å². The van der Waals surface area contributed by atoms with Gasteiger partial charge in [0.25, 0.3) is 5.91 Å². The summed E-state index contributed by atoms with van der Waals surface area (Å²) in [5.41, 5.74) is 1.44. The van der Waals surface area contributed by atoms with Crippen molar-refractivity contribution < 1.29 is 14.3 Å². The van der Waals surface area contributed by atoms with E-state index in [2.05, 4.69) is 20.5 Å². The monoisotopic (exact) mass is 286 g/mol. The van der Waals surface area contributed by atoms with Crippen molar-refractivity contribution >= 4 is 23.6 Å². The van der Waals surface area contributed by atoms with Gasteiger partial charge in [-0.1, -0.05) is 12.1 Å². The molecule has 0 saturated carbocycles. The Bertz CT molecular complexity index is 633. The summed E-state index contributed by atoms with van der Waals surface area (Å²) >= 11 is 0. The second kappa shape index (κ2) is 6.99. The zero-order valence-corrected chi connectivity index (χ0v) is 11.4. The minimum atomic E-state index is -0.389. The fourth-order valence-electron chi connectivity index (χ4n) is 1.54. The molecule has 2 rings (SSSR count). The van der Waals surface area contributed by atoms with Crippen LogP contribution in [-0.2, 0) is 9.53 Å². The number of anilines is 1. The normalized spacial score (nSPS) is 10.5. The first-order chi connectivity index (χ1) is 10.2. The predicted molar refractivity (Wildman–Crippen MR) is 76.4 cm³/mol. The molecule has 0 radical (unpaired) electrons. The summed E-state index contributed by atoms with van der Waals surface area (Å²) in [7, 11) is 0. The Morgan fingerprint density at radius 3 is 2.71 bits per heavy atom. The van der Waals surface area contributed by atoms with Gasteiger partial charge < -0.3 is 10.1 Å². The molecule has 0 aliphatic heterocycles. The Kier molecular flexibility index (Phi) is 4.81. The molecule has 0 unspecified atom stereocenters. The number of aromatic nitrogens is 3. The van der Waals surface area contributed by atoms with Crippen LogP contribution >= 0.6 is 0 Å². The van der Waals surface area contributed by atoms with Crippen LogP contribution in [0.15, 0.2) is 36.7 Å². The lowest BCUT2D eigenvalue weighted by Crippen LogP contribution is -2.13. The Morgan fingerprint density at radius 1 is 1.33 bits per heavy atom. The van der Waals surface area contributed by atoms with Crippen molar-refractivity contribution in [3.05, 3.63) is 48.1 Å². The average Bonchev–Trinajstić information content (AvgIpc) is 3.01. The summed E-state index contributed by atoms with van der Waals surface area (Å²) in [5, 5.41) is 8.75. The number of hydrogen-bond donors (Lipinski definition) is 2. The van der Waals surface area contributed by atoms with E-state index in [0.29, 0.717) is 12.3 Å². The van der Waals surface area contributed by atoms with Gasteiger partial charge in [-0.15, -0.1) is 0 Å². The van der Waals surface area contributed by atoms with Gasteiger partial charge >= 0.3 is 5.97 Å². The number of H-pyrrole nitrogens is 1. The number of carbonyl (C=O) groups is 2. The standard InChI is InChI=1S/C14H14N4O3/c1-2-21-12(19)8-5-10-3-6-11(7-4-10)17-14(20)13-15-9-16-18-13/h3-9H,2H2,1H3,(H,17,20)(H,15,16,18)/b8-5+. The third kappa shape index (κ3) is 4.27. The predicted octanol–water partition coefficient (Wildman–Crippen LogP) is 1.63. The lowest BCUT2D eigenvalue weighted by molar-refractivity contribution is -0.137. The van der Waals surface area contributed by atoms with Crippen molar-refractivity contribution in [2.24, 2.45) is 0 Å². The Labute approximate surface area is 121 Å². The number of nitrogens with zero attached hydrogens (tertiary/aromatic N) is 2. The maximum atomic E-state index is 11.7. The highest BCUT2D eigenvalue weighted by atomic mass is 16.5. The van der Waals surface area contributed by atoms with Crippen LogP contribution in [0.3, 0.4) is 0 Å². The topological polar surface area (TPSA) is 97.0 Å². The average molecular weight is 286 g/mol. The second-order valence-corrected chi connectivity index (χ2v) is 4.00. The first kappa shape index (κ1) is 14.4. The number of benzene rings is 1. The van der Waals surface area contributed by atoms with Crippen molar-refractivity contribution in [1.82, 2.24) is 15.2 Å². The number of carbonyl (C=O) groups excluding carboxylic acids is 2. The molecule has 0 fully saturated rings. The summed E-state index contributed by atoms with van der Waals surface area (Å²) in [6.07, 6.45) is 4.25. The fraction of sp³-hybridized carbons (Fsp3) is 0.143. The van der Waals surface area contributed by atoms with Gasteiger partial charge in [0.1, 0.15) is 6.33 Å². The van der Waals surface area contributed by atoms with Gasteiger partial charge in [-0.2, -0.15) is 5.10 Å². The van der Waals surface area contributed by atoms with Gasteiger partial charge in [0, 0.05) is 11.8 Å². The quantitative estimate of drug-likeness (QED) is 0.643. The van der Waals surface area contributed by atoms with Crippen LogP contribution in [0.25, 0.3) is 6.08 Å². The summed E-state index contributed by atoms with van der Waals surface area (Å²) in [6.45, 7) is 2.09. The molecule has 21 heavy (non-hydrogen) atoms. The SMILES string of the molecule is CCOC(=O)/C=C/c1ccc(NC(=O)c2ncn[nH]2)cc1. The number of ether oxygens (including phenoxy) is 1. The summed E-state index contributed by atoms with van der Waals surface area (Å²) < 4.78 is 4.78. The molecule has 1 aromatic heterocycles. The number of esters is 1. The molecular weight excluding hydrogens is 272 g/mol. The van der Waals surface area contributed by atoms with Gasteiger partial charge in [0.05, 0.1) is 6.61 Å². The van der Waals surface area contributed by atoms with E-state index in [1.807, 2.05) is 0 Å². The lowest BCUT2D eigenvalue weighted by Gasteiger charge is -2.03. The van der Waals surface area contributed by atoms with Crippen LogP contribution < -0.4 is 5.32 Å². The van der Waals surface area contributed by atoms with Crippen molar-refractivity contribution in [2.45, 2.75) is 6.92 Å². The number of nitrogens with one attached hydrogen (secondary N) is 2. The van der Waals surface area contributed by atoms with Crippen molar-refractivity contribution in [3.8, 4) is 0 Å².